The van der Waals surface area contributed by atoms with Gasteiger partial charge in [-0.2, -0.15) is 0 Å². The predicted molar refractivity (Wildman–Crippen MR) is 298 cm³/mol. The molecule has 2 nitrogen and oxygen atoms in total. The molecule has 2 heteroatoms. The van der Waals surface area contributed by atoms with E-state index in [9.17, 15) is 0 Å². The van der Waals surface area contributed by atoms with Crippen LogP contribution in [-0.4, -0.2) is 4.57 Å². The molecule has 0 atom stereocenters. The zero-order chi connectivity index (χ0) is 46.6. The number of hydrogen-bond donors (Lipinski definition) is 0. The summed E-state index contributed by atoms with van der Waals surface area (Å²) in [4.78, 5) is 2.62. The van der Waals surface area contributed by atoms with Crippen LogP contribution < -0.4 is 4.90 Å². The van der Waals surface area contributed by atoms with Crippen molar-refractivity contribution in [3.05, 3.63) is 289 Å². The lowest BCUT2D eigenvalue weighted by molar-refractivity contribution is 0.794. The van der Waals surface area contributed by atoms with E-state index in [0.29, 0.717) is 0 Å². The van der Waals surface area contributed by atoms with E-state index in [1.807, 2.05) is 0 Å². The molecule has 2 aliphatic rings. The average molecular weight is 901 g/mol. The van der Waals surface area contributed by atoms with Gasteiger partial charge in [0, 0.05) is 27.4 Å². The summed E-state index contributed by atoms with van der Waals surface area (Å²) >= 11 is 0. The molecular weight excluding hydrogens is 857 g/mol. The van der Waals surface area contributed by atoms with Gasteiger partial charge in [-0.15, -0.1) is 0 Å². The highest BCUT2D eigenvalue weighted by atomic mass is 15.2. The highest BCUT2D eigenvalue weighted by molar-refractivity contribution is 6.20. The second kappa shape index (κ2) is 15.4. The molecular formula is C69H44N2. The fourth-order valence-corrected chi connectivity index (χ4v) is 12.8. The summed E-state index contributed by atoms with van der Waals surface area (Å²) in [5.74, 6) is 0. The van der Waals surface area contributed by atoms with Crippen LogP contribution in [0.1, 0.15) is 22.3 Å². The topological polar surface area (TPSA) is 8.17 Å². The van der Waals surface area contributed by atoms with Gasteiger partial charge in [0.05, 0.1) is 33.5 Å². The molecule has 1 heterocycles. The van der Waals surface area contributed by atoms with Crippen molar-refractivity contribution in [2.75, 3.05) is 4.90 Å². The van der Waals surface area contributed by atoms with Crippen LogP contribution in [0.5, 0.6) is 0 Å². The van der Waals surface area contributed by atoms with Crippen molar-refractivity contribution in [1.29, 1.82) is 0 Å². The third-order valence-corrected chi connectivity index (χ3v) is 15.6. The maximum atomic E-state index is 2.62. The Kier molecular flexibility index (Phi) is 8.61. The number of hydrogen-bond acceptors (Lipinski definition) is 1. The number of benzene rings is 12. The number of rotatable bonds is 6. The Labute approximate surface area is 412 Å². The van der Waals surface area contributed by atoms with Gasteiger partial charge >= 0.3 is 0 Å². The van der Waals surface area contributed by atoms with E-state index in [-0.39, 0.29) is 0 Å². The highest BCUT2D eigenvalue weighted by Gasteiger charge is 2.52. The summed E-state index contributed by atoms with van der Waals surface area (Å²) in [6.45, 7) is 0. The van der Waals surface area contributed by atoms with Gasteiger partial charge in [0.1, 0.15) is 0 Å². The Morgan fingerprint density at radius 3 is 1.51 bits per heavy atom. The third-order valence-electron chi connectivity index (χ3n) is 15.6. The molecule has 1 aromatic heterocycles. The zero-order valence-electron chi connectivity index (χ0n) is 38.8. The van der Waals surface area contributed by atoms with Gasteiger partial charge in [0.2, 0.25) is 0 Å². The molecule has 71 heavy (non-hydrogen) atoms. The van der Waals surface area contributed by atoms with Gasteiger partial charge in [0.25, 0.3) is 0 Å². The molecule has 12 aromatic carbocycles. The Morgan fingerprint density at radius 1 is 0.282 bits per heavy atom. The normalized spacial score (nSPS) is 12.9. The third kappa shape index (κ3) is 5.59. The van der Waals surface area contributed by atoms with Crippen molar-refractivity contribution in [1.82, 2.24) is 4.57 Å². The van der Waals surface area contributed by atoms with Crippen LogP contribution in [0.25, 0.3) is 93.5 Å². The highest BCUT2D eigenvalue weighted by Crippen LogP contribution is 2.65. The van der Waals surface area contributed by atoms with Crippen molar-refractivity contribution >= 4 is 60.4 Å². The summed E-state index contributed by atoms with van der Waals surface area (Å²) in [6, 6.07) is 99.4. The van der Waals surface area contributed by atoms with Crippen LogP contribution in [0.2, 0.25) is 0 Å². The number of nitrogens with zero attached hydrogens (tertiary/aromatic N) is 2. The van der Waals surface area contributed by atoms with Crippen molar-refractivity contribution in [2.24, 2.45) is 0 Å². The molecule has 0 aliphatic heterocycles. The average Bonchev–Trinajstić information content (AvgIpc) is 4.07. The van der Waals surface area contributed by atoms with Crippen molar-refractivity contribution in [3.63, 3.8) is 0 Å². The molecule has 0 fully saturated rings. The SMILES string of the molecule is c1ccc(-c2ccc3c(c2)c2cccc(N(c4cccc5c4-c4ccccc4C54c5ccccc5-c5ccccc54)c4cccc5c4cc(-c4ccccc4)c4ccccc45)c2n3-c2ccccc2)cc1. The minimum Gasteiger partial charge on any atom is -0.307 e. The monoisotopic (exact) mass is 900 g/mol. The van der Waals surface area contributed by atoms with Crippen LogP contribution in [-0.2, 0) is 5.41 Å². The molecule has 0 bridgehead atoms. The number of fused-ring (bicyclic) bond motifs is 16. The van der Waals surface area contributed by atoms with Gasteiger partial charge in [0.15, 0.2) is 0 Å². The maximum absolute atomic E-state index is 2.62. The Bertz CT molecular complexity index is 4230. The molecule has 13 aromatic rings. The summed E-state index contributed by atoms with van der Waals surface area (Å²) < 4.78 is 2.50. The van der Waals surface area contributed by atoms with Gasteiger partial charge < -0.3 is 9.47 Å². The van der Waals surface area contributed by atoms with E-state index in [4.69, 9.17) is 0 Å². The van der Waals surface area contributed by atoms with Crippen LogP contribution in [0.3, 0.4) is 0 Å². The first-order chi connectivity index (χ1) is 35.3. The first-order valence-electron chi connectivity index (χ1n) is 24.7. The Balaban J connectivity index is 1.11. The van der Waals surface area contributed by atoms with Gasteiger partial charge in [-0.1, -0.05) is 218 Å². The molecule has 0 amide bonds. The van der Waals surface area contributed by atoms with Crippen molar-refractivity contribution in [3.8, 4) is 50.2 Å². The minimum absolute atomic E-state index is 0.505. The summed E-state index contributed by atoms with van der Waals surface area (Å²) in [5.41, 5.74) is 21.5. The standard InChI is InChI=1S/C69H44N2/c1-4-21-45(22-5-1)47-41-42-64-57(43-47)54-33-19-40-66(68(54)70(64)48-25-8-3-9-26-48)71(63-38-18-32-51-49-27-10-11-28-50(49)56(44-58(51)63)46-23-6-2-7-24-46)65-39-20-37-62-67(65)55-31-14-17-36-61(55)69(62)59-34-15-12-29-52(59)53-30-13-16-35-60(53)69/h1-44H. The van der Waals surface area contributed by atoms with Crippen LogP contribution in [0, 0.1) is 0 Å². The van der Waals surface area contributed by atoms with Crippen LogP contribution in [0.4, 0.5) is 17.1 Å². The van der Waals surface area contributed by atoms with E-state index < -0.39 is 5.41 Å². The fourth-order valence-electron chi connectivity index (χ4n) is 12.8. The van der Waals surface area contributed by atoms with Gasteiger partial charge in [-0.3, -0.25) is 0 Å². The molecule has 0 unspecified atom stereocenters. The molecule has 330 valence electrons. The summed E-state index contributed by atoms with van der Waals surface area (Å²) in [6.07, 6.45) is 0. The van der Waals surface area contributed by atoms with E-state index in [1.54, 1.807) is 0 Å². The van der Waals surface area contributed by atoms with Crippen molar-refractivity contribution in [2.45, 2.75) is 5.41 Å². The number of aromatic nitrogens is 1. The second-order valence-electron chi connectivity index (χ2n) is 19.1. The minimum atomic E-state index is -0.505. The maximum Gasteiger partial charge on any atom is 0.0782 e. The van der Waals surface area contributed by atoms with Gasteiger partial charge in [-0.05, 0) is 126 Å². The molecule has 0 saturated heterocycles. The Hall–Kier alpha value is -9.24. The smallest absolute Gasteiger partial charge is 0.0782 e. The zero-order valence-corrected chi connectivity index (χ0v) is 38.8. The van der Waals surface area contributed by atoms with E-state index >= 15 is 0 Å². The molecule has 0 N–H and O–H groups in total. The number of anilines is 3. The quantitative estimate of drug-likeness (QED) is 0.151. The second-order valence-corrected chi connectivity index (χ2v) is 19.1. The lowest BCUT2D eigenvalue weighted by Gasteiger charge is -2.32. The lowest BCUT2D eigenvalue weighted by atomic mass is 9.70. The van der Waals surface area contributed by atoms with Crippen LogP contribution in [0.15, 0.2) is 267 Å². The fraction of sp³-hybridized carbons (Fsp3) is 0.0145. The first-order valence-corrected chi connectivity index (χ1v) is 24.7. The number of para-hydroxylation sites is 2. The van der Waals surface area contributed by atoms with E-state index in [1.165, 1.54) is 99.1 Å². The molecule has 2 aliphatic carbocycles. The molecule has 0 saturated carbocycles. The van der Waals surface area contributed by atoms with E-state index in [0.717, 1.165) is 33.8 Å². The first kappa shape index (κ1) is 39.7. The largest absolute Gasteiger partial charge is 0.307 e. The van der Waals surface area contributed by atoms with E-state index in [2.05, 4.69) is 276 Å². The van der Waals surface area contributed by atoms with Gasteiger partial charge in [-0.25, -0.2) is 0 Å². The summed E-state index contributed by atoms with van der Waals surface area (Å²) in [7, 11) is 0. The summed E-state index contributed by atoms with van der Waals surface area (Å²) in [5, 5.41) is 7.29. The molecule has 1 spiro atoms. The molecule has 0 radical (unpaired) electrons. The van der Waals surface area contributed by atoms with Crippen LogP contribution >= 0.6 is 0 Å². The Morgan fingerprint density at radius 2 is 0.789 bits per heavy atom. The van der Waals surface area contributed by atoms with Crippen molar-refractivity contribution < 1.29 is 0 Å². The molecule has 15 rings (SSSR count). The predicted octanol–water partition coefficient (Wildman–Crippen LogP) is 18.2. The lowest BCUT2D eigenvalue weighted by Crippen LogP contribution is -2.26.